The van der Waals surface area contributed by atoms with E-state index in [1.165, 1.54) is 0 Å². The Labute approximate surface area is 90.6 Å². The molecule has 0 spiro atoms. The molecule has 0 aromatic carbocycles. The van der Waals surface area contributed by atoms with Crippen LogP contribution in [0.25, 0.3) is 0 Å². The number of aliphatic hydroxyl groups is 1. The summed E-state index contributed by atoms with van der Waals surface area (Å²) in [6.07, 6.45) is 3.44. The van der Waals surface area contributed by atoms with Gasteiger partial charge in [-0.25, -0.2) is 5.84 Å². The van der Waals surface area contributed by atoms with E-state index in [4.69, 9.17) is 10.9 Å². The van der Waals surface area contributed by atoms with Crippen molar-refractivity contribution >= 4 is 5.91 Å². The van der Waals surface area contributed by atoms with Crippen molar-refractivity contribution in [3.63, 3.8) is 0 Å². The average molecular weight is 215 g/mol. The molecule has 0 aromatic rings. The minimum atomic E-state index is -0.124. The number of aliphatic hydroxyl groups excluding tert-OH is 1. The van der Waals surface area contributed by atoms with Crippen LogP contribution in [0.2, 0.25) is 0 Å². The molecule has 88 valence electrons. The molecule has 5 nitrogen and oxygen atoms in total. The van der Waals surface area contributed by atoms with E-state index in [-0.39, 0.29) is 18.6 Å². The summed E-state index contributed by atoms with van der Waals surface area (Å²) in [5, 5.41) is 9.17. The van der Waals surface area contributed by atoms with Gasteiger partial charge in [0, 0.05) is 18.5 Å². The number of hydrogen-bond donors (Lipinski definition) is 3. The molecule has 1 aliphatic heterocycles. The Balaban J connectivity index is 2.32. The van der Waals surface area contributed by atoms with E-state index in [0.29, 0.717) is 12.5 Å². The summed E-state index contributed by atoms with van der Waals surface area (Å²) in [5.74, 6) is 4.89. The van der Waals surface area contributed by atoms with Crippen molar-refractivity contribution in [2.24, 2.45) is 5.84 Å². The lowest BCUT2D eigenvalue weighted by molar-refractivity contribution is -0.121. The zero-order valence-electron chi connectivity index (χ0n) is 9.28. The highest BCUT2D eigenvalue weighted by Gasteiger charge is 2.27. The normalized spacial score (nSPS) is 24.1. The SMILES string of the molecule is CC(CCC(=O)NN)N1CCCC1CO. The average Bonchev–Trinajstić information content (AvgIpc) is 2.73. The highest BCUT2D eigenvalue weighted by Crippen LogP contribution is 2.21. The molecule has 0 saturated carbocycles. The monoisotopic (exact) mass is 215 g/mol. The fourth-order valence-electron chi connectivity index (χ4n) is 2.21. The van der Waals surface area contributed by atoms with Gasteiger partial charge in [0.05, 0.1) is 6.61 Å². The van der Waals surface area contributed by atoms with E-state index in [1.807, 2.05) is 0 Å². The second-order valence-corrected chi connectivity index (χ2v) is 4.17. The van der Waals surface area contributed by atoms with Crippen LogP contribution in [0, 0.1) is 0 Å². The topological polar surface area (TPSA) is 78.6 Å². The Bertz CT molecular complexity index is 211. The molecule has 0 bridgehead atoms. The third kappa shape index (κ3) is 3.44. The van der Waals surface area contributed by atoms with Gasteiger partial charge in [0.15, 0.2) is 0 Å². The van der Waals surface area contributed by atoms with E-state index in [2.05, 4.69) is 17.2 Å². The first kappa shape index (κ1) is 12.4. The Morgan fingerprint density at radius 3 is 3.07 bits per heavy atom. The lowest BCUT2D eigenvalue weighted by atomic mass is 10.1. The first-order chi connectivity index (χ1) is 7.19. The van der Waals surface area contributed by atoms with Crippen LogP contribution in [0.5, 0.6) is 0 Å². The summed E-state index contributed by atoms with van der Waals surface area (Å²) in [6.45, 7) is 3.34. The molecule has 2 atom stereocenters. The first-order valence-electron chi connectivity index (χ1n) is 5.55. The van der Waals surface area contributed by atoms with Crippen molar-refractivity contribution in [2.75, 3.05) is 13.2 Å². The van der Waals surface area contributed by atoms with Crippen LogP contribution in [0.4, 0.5) is 0 Å². The highest BCUT2D eigenvalue weighted by molar-refractivity contribution is 5.75. The number of hydrogen-bond acceptors (Lipinski definition) is 4. The Hall–Kier alpha value is -0.650. The van der Waals surface area contributed by atoms with Gasteiger partial charge in [-0.2, -0.15) is 0 Å². The summed E-state index contributed by atoms with van der Waals surface area (Å²) >= 11 is 0. The van der Waals surface area contributed by atoms with E-state index in [9.17, 15) is 4.79 Å². The van der Waals surface area contributed by atoms with Gasteiger partial charge in [-0.05, 0) is 32.7 Å². The quantitative estimate of drug-likeness (QED) is 0.331. The number of nitrogens with zero attached hydrogens (tertiary/aromatic N) is 1. The van der Waals surface area contributed by atoms with E-state index in [1.54, 1.807) is 0 Å². The number of rotatable bonds is 5. The lowest BCUT2D eigenvalue weighted by Gasteiger charge is -2.29. The van der Waals surface area contributed by atoms with Crippen LogP contribution >= 0.6 is 0 Å². The maximum atomic E-state index is 11.0. The van der Waals surface area contributed by atoms with Crippen molar-refractivity contribution in [1.82, 2.24) is 10.3 Å². The third-order valence-electron chi connectivity index (χ3n) is 3.15. The zero-order chi connectivity index (χ0) is 11.3. The Morgan fingerprint density at radius 2 is 2.47 bits per heavy atom. The molecular formula is C10H21N3O2. The third-order valence-corrected chi connectivity index (χ3v) is 3.15. The number of amides is 1. The molecule has 1 heterocycles. The van der Waals surface area contributed by atoms with Gasteiger partial charge in [-0.1, -0.05) is 0 Å². The fourth-order valence-corrected chi connectivity index (χ4v) is 2.21. The summed E-state index contributed by atoms with van der Waals surface area (Å²) in [5.41, 5.74) is 2.13. The molecule has 0 aromatic heterocycles. The van der Waals surface area contributed by atoms with Crippen LogP contribution in [0.1, 0.15) is 32.6 Å². The number of nitrogens with one attached hydrogen (secondary N) is 1. The van der Waals surface area contributed by atoms with Gasteiger partial charge < -0.3 is 5.11 Å². The second-order valence-electron chi connectivity index (χ2n) is 4.17. The molecule has 1 fully saturated rings. The van der Waals surface area contributed by atoms with Gasteiger partial charge in [-0.15, -0.1) is 0 Å². The van der Waals surface area contributed by atoms with E-state index < -0.39 is 0 Å². The highest BCUT2D eigenvalue weighted by atomic mass is 16.3. The Morgan fingerprint density at radius 1 is 1.73 bits per heavy atom. The van der Waals surface area contributed by atoms with Gasteiger partial charge in [0.2, 0.25) is 5.91 Å². The van der Waals surface area contributed by atoms with Gasteiger partial charge in [-0.3, -0.25) is 15.1 Å². The first-order valence-corrected chi connectivity index (χ1v) is 5.55. The molecule has 1 saturated heterocycles. The molecule has 4 N–H and O–H groups in total. The largest absolute Gasteiger partial charge is 0.395 e. The predicted octanol–water partition coefficient (Wildman–Crippen LogP) is -0.398. The minimum Gasteiger partial charge on any atom is -0.395 e. The van der Waals surface area contributed by atoms with Crippen molar-refractivity contribution in [3.05, 3.63) is 0 Å². The van der Waals surface area contributed by atoms with E-state index in [0.717, 1.165) is 25.8 Å². The molecule has 15 heavy (non-hydrogen) atoms. The van der Waals surface area contributed by atoms with Crippen molar-refractivity contribution < 1.29 is 9.90 Å². The number of nitrogens with two attached hydrogens (primary N) is 1. The molecule has 1 rings (SSSR count). The minimum absolute atomic E-state index is 0.124. The molecular weight excluding hydrogens is 194 g/mol. The van der Waals surface area contributed by atoms with E-state index >= 15 is 0 Å². The summed E-state index contributed by atoms with van der Waals surface area (Å²) < 4.78 is 0. The maximum Gasteiger partial charge on any atom is 0.233 e. The summed E-state index contributed by atoms with van der Waals surface area (Å²) in [7, 11) is 0. The van der Waals surface area contributed by atoms with Crippen molar-refractivity contribution in [2.45, 2.75) is 44.7 Å². The molecule has 0 radical (unpaired) electrons. The van der Waals surface area contributed by atoms with Crippen LogP contribution in [-0.2, 0) is 4.79 Å². The van der Waals surface area contributed by atoms with Crippen LogP contribution in [-0.4, -0.2) is 41.1 Å². The van der Waals surface area contributed by atoms with Gasteiger partial charge >= 0.3 is 0 Å². The molecule has 2 unspecified atom stereocenters. The van der Waals surface area contributed by atoms with Crippen LogP contribution in [0.3, 0.4) is 0 Å². The molecule has 0 aliphatic carbocycles. The Kier molecular flexibility index (Phi) is 5.01. The second kappa shape index (κ2) is 6.05. The van der Waals surface area contributed by atoms with Crippen molar-refractivity contribution in [3.8, 4) is 0 Å². The van der Waals surface area contributed by atoms with Crippen LogP contribution < -0.4 is 11.3 Å². The molecule has 1 aliphatic rings. The van der Waals surface area contributed by atoms with Crippen molar-refractivity contribution in [1.29, 1.82) is 0 Å². The predicted molar refractivity (Wildman–Crippen MR) is 57.8 cm³/mol. The number of carbonyl (C=O) groups excluding carboxylic acids is 1. The van der Waals surface area contributed by atoms with Gasteiger partial charge in [0.25, 0.3) is 0 Å². The zero-order valence-corrected chi connectivity index (χ0v) is 9.28. The number of hydrazine groups is 1. The number of likely N-dealkylation sites (tertiary alicyclic amines) is 1. The lowest BCUT2D eigenvalue weighted by Crippen LogP contribution is -2.40. The summed E-state index contributed by atoms with van der Waals surface area (Å²) in [4.78, 5) is 13.3. The molecule has 1 amide bonds. The smallest absolute Gasteiger partial charge is 0.233 e. The summed E-state index contributed by atoms with van der Waals surface area (Å²) in [6, 6.07) is 0.614. The molecule has 5 heteroatoms. The fraction of sp³-hybridized carbons (Fsp3) is 0.900. The number of carbonyl (C=O) groups is 1. The van der Waals surface area contributed by atoms with Crippen LogP contribution in [0.15, 0.2) is 0 Å². The maximum absolute atomic E-state index is 11.0. The standard InChI is InChI=1S/C10H21N3O2/c1-8(4-5-10(15)12-11)13-6-2-3-9(13)7-14/h8-9,14H,2-7,11H2,1H3,(H,12,15). The van der Waals surface area contributed by atoms with Gasteiger partial charge in [0.1, 0.15) is 0 Å².